The van der Waals surface area contributed by atoms with Gasteiger partial charge >= 0.3 is 0 Å². The molecule has 0 spiro atoms. The number of benzene rings is 2. The maximum absolute atomic E-state index is 13.4. The zero-order valence-corrected chi connectivity index (χ0v) is 18.5. The van der Waals surface area contributed by atoms with Gasteiger partial charge in [0.25, 0.3) is 0 Å². The van der Waals surface area contributed by atoms with E-state index < -0.39 is 0 Å². The van der Waals surface area contributed by atoms with Crippen LogP contribution in [0.1, 0.15) is 29.0 Å². The lowest BCUT2D eigenvalue weighted by Crippen LogP contribution is -2.43. The number of amides is 1. The number of rotatable bonds is 8. The van der Waals surface area contributed by atoms with E-state index in [1.807, 2.05) is 29.2 Å². The van der Waals surface area contributed by atoms with Crippen molar-refractivity contribution in [3.05, 3.63) is 102 Å². The van der Waals surface area contributed by atoms with Crippen molar-refractivity contribution in [3.8, 4) is 0 Å². The summed E-state index contributed by atoms with van der Waals surface area (Å²) in [5.74, 6) is 0.253. The largest absolute Gasteiger partial charge is 0.340 e. The summed E-state index contributed by atoms with van der Waals surface area (Å²) >= 11 is 4.62. The minimum Gasteiger partial charge on any atom is -0.340 e. The molecule has 1 N–H and O–H groups in total. The van der Waals surface area contributed by atoms with Gasteiger partial charge in [-0.15, -0.1) is 0 Å². The topological polar surface area (TPSA) is 45.2 Å². The number of nitrogens with one attached hydrogen (secondary N) is 1. The highest BCUT2D eigenvalue weighted by Gasteiger charge is 2.28. The quantitative estimate of drug-likeness (QED) is 0.531. The van der Waals surface area contributed by atoms with Crippen molar-refractivity contribution >= 4 is 18.5 Å². The summed E-state index contributed by atoms with van der Waals surface area (Å²) in [5.41, 5.74) is 3.39. The summed E-state index contributed by atoms with van der Waals surface area (Å²) in [5, 5.41) is 3.87. The standard InChI is InChI=1S/C26H29N3OS/c30-26(14-20-8-7-13-27-16-20)29(18-23-15-24(31)17-28-23)19-25(21-9-3-1-4-10-21)22-11-5-2-6-12-22/h1-13,16,23-25,28,31H,14-15,17-19H2/t23-,24-/m0/s1. The predicted octanol–water partition coefficient (Wildman–Crippen LogP) is 3.95. The Hall–Kier alpha value is -2.63. The highest BCUT2D eigenvalue weighted by atomic mass is 32.1. The molecule has 0 saturated carbocycles. The van der Waals surface area contributed by atoms with Gasteiger partial charge in [-0.1, -0.05) is 66.7 Å². The fourth-order valence-electron chi connectivity index (χ4n) is 4.26. The molecule has 2 heterocycles. The highest BCUT2D eigenvalue weighted by molar-refractivity contribution is 7.81. The third kappa shape index (κ3) is 5.96. The molecule has 31 heavy (non-hydrogen) atoms. The van der Waals surface area contributed by atoms with E-state index in [1.54, 1.807) is 12.4 Å². The molecule has 0 radical (unpaired) electrons. The Balaban J connectivity index is 1.59. The van der Waals surface area contributed by atoms with Gasteiger partial charge in [-0.25, -0.2) is 0 Å². The first kappa shape index (κ1) is 21.6. The minimum atomic E-state index is 0.119. The van der Waals surface area contributed by atoms with E-state index in [9.17, 15) is 4.79 Å². The van der Waals surface area contributed by atoms with Crippen molar-refractivity contribution in [3.63, 3.8) is 0 Å². The lowest BCUT2D eigenvalue weighted by molar-refractivity contribution is -0.131. The maximum atomic E-state index is 13.4. The van der Waals surface area contributed by atoms with E-state index >= 15 is 0 Å². The molecule has 0 unspecified atom stereocenters. The van der Waals surface area contributed by atoms with Crippen LogP contribution in [0.15, 0.2) is 85.2 Å². The van der Waals surface area contributed by atoms with E-state index in [-0.39, 0.29) is 17.9 Å². The molecule has 2 aromatic carbocycles. The van der Waals surface area contributed by atoms with Crippen molar-refractivity contribution in [2.75, 3.05) is 19.6 Å². The molecule has 4 rings (SSSR count). The molecule has 1 aliphatic rings. The van der Waals surface area contributed by atoms with Crippen LogP contribution in [0.5, 0.6) is 0 Å². The summed E-state index contributed by atoms with van der Waals surface area (Å²) in [6.07, 6.45) is 4.85. The molecule has 0 bridgehead atoms. The second kappa shape index (κ2) is 10.6. The van der Waals surface area contributed by atoms with E-state index in [0.29, 0.717) is 24.8 Å². The Bertz CT molecular complexity index is 913. The molecule has 1 amide bonds. The number of aromatic nitrogens is 1. The first-order chi connectivity index (χ1) is 15.2. The smallest absolute Gasteiger partial charge is 0.227 e. The molecule has 1 saturated heterocycles. The summed E-state index contributed by atoms with van der Waals surface area (Å²) in [6.45, 7) is 2.22. The van der Waals surface area contributed by atoms with Gasteiger partial charge in [0.2, 0.25) is 5.91 Å². The average molecular weight is 432 g/mol. The van der Waals surface area contributed by atoms with Gasteiger partial charge in [0.05, 0.1) is 6.42 Å². The van der Waals surface area contributed by atoms with Crippen LogP contribution in [0, 0.1) is 0 Å². The van der Waals surface area contributed by atoms with E-state index in [1.165, 1.54) is 11.1 Å². The maximum Gasteiger partial charge on any atom is 0.227 e. The van der Waals surface area contributed by atoms with Crippen molar-refractivity contribution in [1.29, 1.82) is 0 Å². The number of hydrogen-bond acceptors (Lipinski definition) is 4. The molecule has 1 aliphatic heterocycles. The monoisotopic (exact) mass is 431 g/mol. The van der Waals surface area contributed by atoms with Gasteiger partial charge in [-0.05, 0) is 29.2 Å². The molecular weight excluding hydrogens is 402 g/mol. The fraction of sp³-hybridized carbons (Fsp3) is 0.308. The first-order valence-electron chi connectivity index (χ1n) is 10.9. The van der Waals surface area contributed by atoms with Gasteiger partial charge in [-0.2, -0.15) is 12.6 Å². The molecule has 4 nitrogen and oxygen atoms in total. The van der Waals surface area contributed by atoms with Crippen LogP contribution >= 0.6 is 12.6 Å². The Morgan fingerprint density at radius 3 is 2.26 bits per heavy atom. The Morgan fingerprint density at radius 2 is 1.71 bits per heavy atom. The predicted molar refractivity (Wildman–Crippen MR) is 128 cm³/mol. The van der Waals surface area contributed by atoms with Crippen LogP contribution in [0.2, 0.25) is 0 Å². The summed E-state index contributed by atoms with van der Waals surface area (Å²) < 4.78 is 0. The number of carbonyl (C=O) groups is 1. The number of nitrogens with zero attached hydrogens (tertiary/aromatic N) is 2. The van der Waals surface area contributed by atoms with E-state index in [0.717, 1.165) is 18.5 Å². The van der Waals surface area contributed by atoms with Crippen LogP contribution in [0.25, 0.3) is 0 Å². The Morgan fingerprint density at radius 1 is 1.03 bits per heavy atom. The second-order valence-electron chi connectivity index (χ2n) is 8.21. The SMILES string of the molecule is O=C(Cc1cccnc1)N(CC(c1ccccc1)c1ccccc1)C[C@@H]1C[C@H](S)CN1. The molecule has 0 aliphatic carbocycles. The van der Waals surface area contributed by atoms with Crippen LogP contribution in [-0.4, -0.2) is 46.7 Å². The van der Waals surface area contributed by atoms with Gasteiger partial charge < -0.3 is 10.2 Å². The molecule has 160 valence electrons. The highest BCUT2D eigenvalue weighted by Crippen LogP contribution is 2.26. The van der Waals surface area contributed by atoms with Crippen LogP contribution < -0.4 is 5.32 Å². The zero-order valence-electron chi connectivity index (χ0n) is 17.6. The van der Waals surface area contributed by atoms with Gasteiger partial charge in [-0.3, -0.25) is 9.78 Å². The van der Waals surface area contributed by atoms with E-state index in [4.69, 9.17) is 0 Å². The molecule has 1 aromatic heterocycles. The first-order valence-corrected chi connectivity index (χ1v) is 11.4. The van der Waals surface area contributed by atoms with Crippen molar-refractivity contribution < 1.29 is 4.79 Å². The Kier molecular flexibility index (Phi) is 7.39. The molecular formula is C26H29N3OS. The fourth-order valence-corrected chi connectivity index (χ4v) is 4.62. The molecule has 2 atom stereocenters. The summed E-state index contributed by atoms with van der Waals surface area (Å²) in [6, 6.07) is 25.1. The van der Waals surface area contributed by atoms with Crippen LogP contribution in [-0.2, 0) is 11.2 Å². The average Bonchev–Trinajstić information content (AvgIpc) is 3.23. The number of thiol groups is 1. The number of hydrogen-bond donors (Lipinski definition) is 2. The van der Waals surface area contributed by atoms with Crippen molar-refractivity contribution in [1.82, 2.24) is 15.2 Å². The second-order valence-corrected chi connectivity index (χ2v) is 8.94. The third-order valence-electron chi connectivity index (χ3n) is 5.88. The summed E-state index contributed by atoms with van der Waals surface area (Å²) in [7, 11) is 0. The van der Waals surface area contributed by atoms with Crippen LogP contribution in [0.3, 0.4) is 0 Å². The Labute approximate surface area is 190 Å². The lowest BCUT2D eigenvalue weighted by atomic mass is 9.90. The summed E-state index contributed by atoms with van der Waals surface area (Å²) in [4.78, 5) is 19.6. The number of carbonyl (C=O) groups excluding carboxylic acids is 1. The van der Waals surface area contributed by atoms with Crippen molar-refractivity contribution in [2.24, 2.45) is 0 Å². The molecule has 3 aromatic rings. The number of pyridine rings is 1. The third-order valence-corrected chi connectivity index (χ3v) is 6.27. The van der Waals surface area contributed by atoms with Crippen molar-refractivity contribution in [2.45, 2.75) is 30.1 Å². The van der Waals surface area contributed by atoms with Gasteiger partial charge in [0, 0.05) is 49.2 Å². The normalized spacial score (nSPS) is 18.3. The molecule has 1 fully saturated rings. The van der Waals surface area contributed by atoms with Gasteiger partial charge in [0.15, 0.2) is 0 Å². The lowest BCUT2D eigenvalue weighted by Gasteiger charge is -2.31. The van der Waals surface area contributed by atoms with Gasteiger partial charge in [0.1, 0.15) is 0 Å². The minimum absolute atomic E-state index is 0.119. The van der Waals surface area contributed by atoms with Crippen LogP contribution in [0.4, 0.5) is 0 Å². The van der Waals surface area contributed by atoms with E-state index in [2.05, 4.69) is 71.5 Å². The zero-order chi connectivity index (χ0) is 21.5. The molecule has 5 heteroatoms.